The van der Waals surface area contributed by atoms with Gasteiger partial charge in [0, 0.05) is 14.0 Å². The smallest absolute Gasteiger partial charge is 0.302 e. The molecule has 4 heteroatoms. The van der Waals surface area contributed by atoms with Crippen molar-refractivity contribution in [2.45, 2.75) is 39.6 Å². The Morgan fingerprint density at radius 1 is 1.20 bits per heavy atom. The maximum Gasteiger partial charge on any atom is 0.302 e. The summed E-state index contributed by atoms with van der Waals surface area (Å²) in [6.45, 7) is 6.25. The van der Waals surface area contributed by atoms with Crippen LogP contribution in [0.25, 0.3) is 0 Å². The highest BCUT2D eigenvalue weighted by Crippen LogP contribution is 2.16. The van der Waals surface area contributed by atoms with Crippen LogP contribution >= 0.6 is 0 Å². The van der Waals surface area contributed by atoms with Crippen LogP contribution in [0.5, 0.6) is 0 Å². The number of esters is 1. The van der Waals surface area contributed by atoms with Crippen LogP contribution in [0.2, 0.25) is 0 Å². The second-order valence-electron chi connectivity index (χ2n) is 5.08. The third-order valence-electron chi connectivity index (χ3n) is 3.06. The largest absolute Gasteiger partial charge is 0.463 e. The van der Waals surface area contributed by atoms with Gasteiger partial charge in [-0.2, -0.15) is 0 Å². The van der Waals surface area contributed by atoms with Crippen LogP contribution in [0.15, 0.2) is 30.3 Å². The normalized spacial score (nSPS) is 14.1. The Bertz CT molecular complexity index is 389. The number of carbonyl (C=O) groups is 1. The Morgan fingerprint density at radius 2 is 1.85 bits per heavy atom. The molecule has 0 bridgehead atoms. The van der Waals surface area contributed by atoms with Crippen LogP contribution in [0.4, 0.5) is 0 Å². The van der Waals surface area contributed by atoms with Gasteiger partial charge in [-0.15, -0.1) is 0 Å². The first-order valence-corrected chi connectivity index (χ1v) is 6.86. The van der Waals surface area contributed by atoms with E-state index < -0.39 is 0 Å². The van der Waals surface area contributed by atoms with Gasteiger partial charge >= 0.3 is 5.97 Å². The summed E-state index contributed by atoms with van der Waals surface area (Å²) >= 11 is 0. The summed E-state index contributed by atoms with van der Waals surface area (Å²) in [6, 6.07) is 9.98. The molecule has 0 aliphatic heterocycles. The van der Waals surface area contributed by atoms with Gasteiger partial charge < -0.3 is 14.2 Å². The minimum atomic E-state index is -0.308. The van der Waals surface area contributed by atoms with Crippen LogP contribution < -0.4 is 0 Å². The van der Waals surface area contributed by atoms with Gasteiger partial charge in [0.2, 0.25) is 0 Å². The van der Waals surface area contributed by atoms with Gasteiger partial charge in [0.25, 0.3) is 0 Å². The molecule has 2 atom stereocenters. The first kappa shape index (κ1) is 16.7. The van der Waals surface area contributed by atoms with Crippen molar-refractivity contribution in [1.29, 1.82) is 0 Å². The lowest BCUT2D eigenvalue weighted by atomic mass is 10.0. The number of carbonyl (C=O) groups excluding carboxylic acids is 1. The molecule has 4 nitrogen and oxygen atoms in total. The predicted molar refractivity (Wildman–Crippen MR) is 77.3 cm³/mol. The Kier molecular flexibility index (Phi) is 7.26. The zero-order valence-corrected chi connectivity index (χ0v) is 12.7. The fraction of sp³-hybridized carbons (Fsp3) is 0.562. The van der Waals surface area contributed by atoms with Crippen LogP contribution in [0.1, 0.15) is 26.3 Å². The molecule has 0 saturated heterocycles. The maximum absolute atomic E-state index is 10.9. The molecule has 2 unspecified atom stereocenters. The van der Waals surface area contributed by atoms with E-state index in [1.165, 1.54) is 6.92 Å². The van der Waals surface area contributed by atoms with Gasteiger partial charge in [-0.05, 0) is 11.5 Å². The highest BCUT2D eigenvalue weighted by Gasteiger charge is 2.26. The lowest BCUT2D eigenvalue weighted by Crippen LogP contribution is -2.39. The molecule has 1 rings (SSSR count). The number of rotatable bonds is 8. The van der Waals surface area contributed by atoms with E-state index in [-0.39, 0.29) is 30.7 Å². The third-order valence-corrected chi connectivity index (χ3v) is 3.06. The molecule has 0 heterocycles. The third kappa shape index (κ3) is 5.72. The van der Waals surface area contributed by atoms with Crippen LogP contribution in [0.3, 0.4) is 0 Å². The monoisotopic (exact) mass is 280 g/mol. The van der Waals surface area contributed by atoms with E-state index >= 15 is 0 Å². The zero-order valence-electron chi connectivity index (χ0n) is 12.7. The summed E-state index contributed by atoms with van der Waals surface area (Å²) in [5.74, 6) is -0.0446. The van der Waals surface area contributed by atoms with Crippen molar-refractivity contribution in [2.75, 3.05) is 13.7 Å². The molecule has 0 saturated carbocycles. The molecule has 0 amide bonds. The quantitative estimate of drug-likeness (QED) is 0.687. The number of benzene rings is 1. The lowest BCUT2D eigenvalue weighted by Gasteiger charge is -2.29. The summed E-state index contributed by atoms with van der Waals surface area (Å²) in [5.41, 5.74) is 1.11. The molecule has 0 N–H and O–H groups in total. The van der Waals surface area contributed by atoms with Crippen molar-refractivity contribution in [3.8, 4) is 0 Å². The first-order chi connectivity index (χ1) is 9.54. The van der Waals surface area contributed by atoms with E-state index in [9.17, 15) is 4.79 Å². The second kappa shape index (κ2) is 8.72. The molecule has 0 aliphatic rings. The molecule has 0 radical (unpaired) electrons. The summed E-state index contributed by atoms with van der Waals surface area (Å²) in [5, 5.41) is 0. The fourth-order valence-electron chi connectivity index (χ4n) is 1.99. The minimum Gasteiger partial charge on any atom is -0.463 e. The standard InChI is InChI=1S/C16H24O4/c1-12(2)16(15(18-4)11-19-13(3)17)20-10-14-8-6-5-7-9-14/h5-9,12,15-16H,10-11H2,1-4H3. The molecule has 0 aromatic heterocycles. The Hall–Kier alpha value is -1.39. The molecule has 112 valence electrons. The van der Waals surface area contributed by atoms with Crippen molar-refractivity contribution in [3.05, 3.63) is 35.9 Å². The molecule has 1 aromatic rings. The molecular weight excluding hydrogens is 256 g/mol. The van der Waals surface area contributed by atoms with E-state index in [1.807, 2.05) is 30.3 Å². The molecule has 0 spiro atoms. The molecule has 20 heavy (non-hydrogen) atoms. The Labute approximate surface area is 121 Å². The first-order valence-electron chi connectivity index (χ1n) is 6.86. The van der Waals surface area contributed by atoms with Gasteiger partial charge in [-0.1, -0.05) is 44.2 Å². The molecule has 0 aliphatic carbocycles. The SMILES string of the molecule is COC(COC(C)=O)C(OCc1ccccc1)C(C)C. The topological polar surface area (TPSA) is 44.8 Å². The predicted octanol–water partition coefficient (Wildman–Crippen LogP) is 2.81. The highest BCUT2D eigenvalue weighted by atomic mass is 16.6. The van der Waals surface area contributed by atoms with Gasteiger partial charge in [0.15, 0.2) is 0 Å². The van der Waals surface area contributed by atoms with E-state index in [0.717, 1.165) is 5.56 Å². The average Bonchev–Trinajstić information content (AvgIpc) is 2.42. The number of hydrogen-bond donors (Lipinski definition) is 0. The number of methoxy groups -OCH3 is 1. The summed E-state index contributed by atoms with van der Waals surface area (Å²) in [4.78, 5) is 10.9. The van der Waals surface area contributed by atoms with Crippen molar-refractivity contribution < 1.29 is 19.0 Å². The molecular formula is C16H24O4. The van der Waals surface area contributed by atoms with Crippen LogP contribution in [-0.4, -0.2) is 31.9 Å². The van der Waals surface area contributed by atoms with E-state index in [2.05, 4.69) is 13.8 Å². The zero-order chi connectivity index (χ0) is 15.0. The highest BCUT2D eigenvalue weighted by molar-refractivity contribution is 5.65. The van der Waals surface area contributed by atoms with Crippen molar-refractivity contribution in [1.82, 2.24) is 0 Å². The summed E-state index contributed by atoms with van der Waals surface area (Å²) in [6.07, 6.45) is -0.387. The lowest BCUT2D eigenvalue weighted by molar-refractivity contribution is -0.152. The van der Waals surface area contributed by atoms with E-state index in [0.29, 0.717) is 6.61 Å². The molecule has 0 fully saturated rings. The van der Waals surface area contributed by atoms with E-state index in [4.69, 9.17) is 14.2 Å². The van der Waals surface area contributed by atoms with Gasteiger partial charge in [0.05, 0.1) is 12.7 Å². The van der Waals surface area contributed by atoms with Crippen molar-refractivity contribution in [3.63, 3.8) is 0 Å². The Morgan fingerprint density at radius 3 is 2.35 bits per heavy atom. The van der Waals surface area contributed by atoms with Crippen molar-refractivity contribution in [2.24, 2.45) is 5.92 Å². The van der Waals surface area contributed by atoms with Crippen molar-refractivity contribution >= 4 is 5.97 Å². The van der Waals surface area contributed by atoms with Crippen LogP contribution in [-0.2, 0) is 25.6 Å². The maximum atomic E-state index is 10.9. The van der Waals surface area contributed by atoms with E-state index in [1.54, 1.807) is 7.11 Å². The second-order valence-corrected chi connectivity index (χ2v) is 5.08. The van der Waals surface area contributed by atoms with Gasteiger partial charge in [-0.3, -0.25) is 4.79 Å². The van der Waals surface area contributed by atoms with Crippen LogP contribution in [0, 0.1) is 5.92 Å². The van der Waals surface area contributed by atoms with Gasteiger partial charge in [0.1, 0.15) is 12.7 Å². The number of ether oxygens (including phenoxy) is 3. The summed E-state index contributed by atoms with van der Waals surface area (Å²) < 4.78 is 16.4. The summed E-state index contributed by atoms with van der Waals surface area (Å²) in [7, 11) is 1.61. The fourth-order valence-corrected chi connectivity index (χ4v) is 1.99. The average molecular weight is 280 g/mol. The molecule has 1 aromatic carbocycles. The minimum absolute atomic E-state index is 0.125. The number of hydrogen-bond acceptors (Lipinski definition) is 4. The van der Waals surface area contributed by atoms with Gasteiger partial charge in [-0.25, -0.2) is 0 Å². The Balaban J connectivity index is 2.59.